The van der Waals surface area contributed by atoms with Crippen LogP contribution < -0.4 is 11.1 Å². The number of halogens is 1. The summed E-state index contributed by atoms with van der Waals surface area (Å²) < 4.78 is 18.2. The molecule has 1 amide bonds. The first-order valence-corrected chi connectivity index (χ1v) is 8.52. The standard InChI is InChI=1S/C18H17FN6O2/c19-12-4-2-11(3-5-12)10-23-15(26)13-14(22-9-8-21-13)16-24-17(25-27-16)18(20)6-1-7-18/h2-5,8-9H,1,6-7,10,20H2,(H,23,26). The first-order chi connectivity index (χ1) is 13.0. The maximum atomic E-state index is 13.0. The van der Waals surface area contributed by atoms with Crippen molar-refractivity contribution < 1.29 is 13.7 Å². The largest absolute Gasteiger partial charge is 0.347 e. The molecule has 3 aromatic rings. The predicted molar refractivity (Wildman–Crippen MR) is 92.6 cm³/mol. The molecule has 4 rings (SSSR count). The number of benzene rings is 1. The van der Waals surface area contributed by atoms with Crippen molar-refractivity contribution in [2.45, 2.75) is 31.3 Å². The number of nitrogens with zero attached hydrogens (tertiary/aromatic N) is 4. The van der Waals surface area contributed by atoms with Gasteiger partial charge in [0.25, 0.3) is 11.8 Å². The Labute approximate surface area is 154 Å². The lowest BCUT2D eigenvalue weighted by Gasteiger charge is -2.34. The van der Waals surface area contributed by atoms with Gasteiger partial charge in [0.05, 0.1) is 5.54 Å². The van der Waals surface area contributed by atoms with Gasteiger partial charge in [0.15, 0.2) is 17.2 Å². The molecule has 9 heteroatoms. The van der Waals surface area contributed by atoms with Crippen molar-refractivity contribution in [3.05, 3.63) is 59.6 Å². The average molecular weight is 368 g/mol. The molecule has 1 fully saturated rings. The normalized spacial score (nSPS) is 15.2. The third kappa shape index (κ3) is 3.41. The van der Waals surface area contributed by atoms with Crippen molar-refractivity contribution >= 4 is 5.91 Å². The molecular weight excluding hydrogens is 351 g/mol. The van der Waals surface area contributed by atoms with Gasteiger partial charge < -0.3 is 15.6 Å². The molecule has 2 aromatic heterocycles. The molecular formula is C18H17FN6O2. The van der Waals surface area contributed by atoms with Crippen LogP contribution in [0.3, 0.4) is 0 Å². The molecule has 0 unspecified atom stereocenters. The van der Waals surface area contributed by atoms with Gasteiger partial charge in [-0.15, -0.1) is 0 Å². The minimum absolute atomic E-state index is 0.0643. The lowest BCUT2D eigenvalue weighted by Crippen LogP contribution is -2.44. The van der Waals surface area contributed by atoms with E-state index in [4.69, 9.17) is 10.3 Å². The molecule has 0 radical (unpaired) electrons. The molecule has 8 nitrogen and oxygen atoms in total. The van der Waals surface area contributed by atoms with Gasteiger partial charge in [0.1, 0.15) is 5.82 Å². The second kappa shape index (κ2) is 6.84. The zero-order valence-corrected chi connectivity index (χ0v) is 14.4. The van der Waals surface area contributed by atoms with Crippen LogP contribution in [-0.2, 0) is 12.1 Å². The fourth-order valence-corrected chi connectivity index (χ4v) is 2.83. The Morgan fingerprint density at radius 3 is 2.67 bits per heavy atom. The molecule has 0 spiro atoms. The van der Waals surface area contributed by atoms with Gasteiger partial charge in [-0.25, -0.2) is 14.4 Å². The highest BCUT2D eigenvalue weighted by Gasteiger charge is 2.39. The lowest BCUT2D eigenvalue weighted by molar-refractivity contribution is 0.0946. The summed E-state index contributed by atoms with van der Waals surface area (Å²) in [7, 11) is 0. The fraction of sp³-hybridized carbons (Fsp3) is 0.278. The van der Waals surface area contributed by atoms with E-state index in [0.717, 1.165) is 24.8 Å². The Balaban J connectivity index is 1.54. The first-order valence-electron chi connectivity index (χ1n) is 8.52. The summed E-state index contributed by atoms with van der Waals surface area (Å²) in [4.78, 5) is 25.1. The van der Waals surface area contributed by atoms with Crippen molar-refractivity contribution in [3.63, 3.8) is 0 Å². The Hall–Kier alpha value is -3.20. The molecule has 2 heterocycles. The molecule has 1 aliphatic rings. The lowest BCUT2D eigenvalue weighted by atomic mass is 9.77. The minimum atomic E-state index is -0.574. The number of hydrogen-bond acceptors (Lipinski definition) is 7. The minimum Gasteiger partial charge on any atom is -0.347 e. The summed E-state index contributed by atoms with van der Waals surface area (Å²) in [5, 5.41) is 6.67. The van der Waals surface area contributed by atoms with E-state index in [1.807, 2.05) is 0 Å². The SMILES string of the molecule is NC1(c2noc(-c3nccnc3C(=O)NCc3ccc(F)cc3)n2)CCC1. The van der Waals surface area contributed by atoms with Crippen molar-refractivity contribution in [3.8, 4) is 11.6 Å². The van der Waals surface area contributed by atoms with Crippen LogP contribution in [0.25, 0.3) is 11.6 Å². The molecule has 27 heavy (non-hydrogen) atoms. The van der Waals surface area contributed by atoms with E-state index in [1.54, 1.807) is 12.1 Å². The first kappa shape index (κ1) is 17.2. The van der Waals surface area contributed by atoms with Crippen molar-refractivity contribution in [2.75, 3.05) is 0 Å². The molecule has 0 saturated heterocycles. The molecule has 0 bridgehead atoms. The summed E-state index contributed by atoms with van der Waals surface area (Å²) in [5.74, 6) is -0.278. The van der Waals surface area contributed by atoms with Gasteiger partial charge in [-0.2, -0.15) is 4.98 Å². The van der Waals surface area contributed by atoms with E-state index in [9.17, 15) is 9.18 Å². The number of carbonyl (C=O) groups excluding carboxylic acids is 1. The summed E-state index contributed by atoms with van der Waals surface area (Å²) in [6.07, 6.45) is 5.44. The van der Waals surface area contributed by atoms with E-state index in [1.165, 1.54) is 24.5 Å². The number of hydrogen-bond donors (Lipinski definition) is 2. The van der Waals surface area contributed by atoms with E-state index in [-0.39, 0.29) is 29.6 Å². The van der Waals surface area contributed by atoms with Gasteiger partial charge in [0.2, 0.25) is 0 Å². The summed E-state index contributed by atoms with van der Waals surface area (Å²) in [6.45, 7) is 0.218. The van der Waals surface area contributed by atoms with Crippen LogP contribution in [-0.4, -0.2) is 26.0 Å². The van der Waals surface area contributed by atoms with Gasteiger partial charge >= 0.3 is 0 Å². The van der Waals surface area contributed by atoms with Crippen molar-refractivity contribution in [1.29, 1.82) is 0 Å². The second-order valence-corrected chi connectivity index (χ2v) is 6.50. The zero-order chi connectivity index (χ0) is 18.9. The molecule has 0 atom stereocenters. The van der Waals surface area contributed by atoms with E-state index >= 15 is 0 Å². The fourth-order valence-electron chi connectivity index (χ4n) is 2.83. The van der Waals surface area contributed by atoms with Gasteiger partial charge in [-0.1, -0.05) is 17.3 Å². The molecule has 138 valence electrons. The molecule has 0 aliphatic heterocycles. The van der Waals surface area contributed by atoms with Gasteiger partial charge in [0, 0.05) is 18.9 Å². The number of nitrogens with one attached hydrogen (secondary N) is 1. The van der Waals surface area contributed by atoms with Gasteiger partial charge in [-0.05, 0) is 37.0 Å². The van der Waals surface area contributed by atoms with Crippen LogP contribution in [0, 0.1) is 5.82 Å². The van der Waals surface area contributed by atoms with E-state index in [2.05, 4.69) is 25.4 Å². The number of rotatable bonds is 5. The predicted octanol–water partition coefficient (Wildman–Crippen LogP) is 1.93. The topological polar surface area (TPSA) is 120 Å². The van der Waals surface area contributed by atoms with Crippen LogP contribution in [0.15, 0.2) is 41.2 Å². The number of amides is 1. The van der Waals surface area contributed by atoms with Crippen molar-refractivity contribution in [1.82, 2.24) is 25.4 Å². The summed E-state index contributed by atoms with van der Waals surface area (Å²) in [5.41, 5.74) is 6.64. The third-order valence-corrected chi connectivity index (χ3v) is 4.60. The molecule has 3 N–H and O–H groups in total. The van der Waals surface area contributed by atoms with Crippen molar-refractivity contribution in [2.24, 2.45) is 5.73 Å². The monoisotopic (exact) mass is 368 g/mol. The van der Waals surface area contributed by atoms with E-state index < -0.39 is 11.4 Å². The van der Waals surface area contributed by atoms with Crippen LogP contribution >= 0.6 is 0 Å². The zero-order valence-electron chi connectivity index (χ0n) is 14.4. The molecule has 1 aliphatic carbocycles. The Bertz CT molecular complexity index is 968. The number of nitrogens with two attached hydrogens (primary N) is 1. The summed E-state index contributed by atoms with van der Waals surface area (Å²) >= 11 is 0. The highest BCUT2D eigenvalue weighted by molar-refractivity contribution is 5.96. The summed E-state index contributed by atoms with van der Waals surface area (Å²) in [6, 6.07) is 5.85. The van der Waals surface area contributed by atoms with Gasteiger partial charge in [-0.3, -0.25) is 4.79 Å². The maximum Gasteiger partial charge on any atom is 0.279 e. The Morgan fingerprint density at radius 2 is 1.96 bits per heavy atom. The third-order valence-electron chi connectivity index (χ3n) is 4.60. The Kier molecular flexibility index (Phi) is 4.36. The number of carbonyl (C=O) groups is 1. The molecule has 1 aromatic carbocycles. The quantitative estimate of drug-likeness (QED) is 0.706. The highest BCUT2D eigenvalue weighted by atomic mass is 19.1. The second-order valence-electron chi connectivity index (χ2n) is 6.50. The average Bonchev–Trinajstić information content (AvgIpc) is 3.16. The highest BCUT2D eigenvalue weighted by Crippen LogP contribution is 2.37. The number of aromatic nitrogens is 4. The Morgan fingerprint density at radius 1 is 1.22 bits per heavy atom. The van der Waals surface area contributed by atoms with Crippen LogP contribution in [0.4, 0.5) is 4.39 Å². The maximum absolute atomic E-state index is 13.0. The van der Waals surface area contributed by atoms with Crippen LogP contribution in [0.2, 0.25) is 0 Å². The van der Waals surface area contributed by atoms with Crippen LogP contribution in [0.5, 0.6) is 0 Å². The smallest absolute Gasteiger partial charge is 0.279 e. The van der Waals surface area contributed by atoms with E-state index in [0.29, 0.717) is 5.82 Å². The van der Waals surface area contributed by atoms with Crippen LogP contribution in [0.1, 0.15) is 41.1 Å². The molecule has 1 saturated carbocycles.